The number of aliphatic hydroxyl groups excluding tert-OH is 1. The Labute approximate surface area is 62.2 Å². The molecule has 1 aliphatic rings. The van der Waals surface area contributed by atoms with Crippen LogP contribution in [0.15, 0.2) is 0 Å². The first kappa shape index (κ1) is 7.98. The minimum absolute atomic E-state index is 0.220. The quantitative estimate of drug-likeness (QED) is 0.570. The smallest absolute Gasteiger partial charge is 0.0957 e. The normalized spacial score (nSPS) is 23.4. The van der Waals surface area contributed by atoms with Crippen LogP contribution in [0.1, 0.15) is 6.92 Å². The number of piperazine rings is 1. The van der Waals surface area contributed by atoms with Gasteiger partial charge in [0.05, 0.1) is 6.73 Å². The summed E-state index contributed by atoms with van der Waals surface area (Å²) in [5.74, 6) is 0. The third kappa shape index (κ3) is 1.94. The standard InChI is InChI=1S/C7H16N2O/c1-2-8-3-5-9(7-10)6-4-8/h10H,2-7H2,1H3. The molecule has 1 heterocycles. The predicted molar refractivity (Wildman–Crippen MR) is 40.8 cm³/mol. The predicted octanol–water partition coefficient (Wildman–Crippen LogP) is -0.426. The van der Waals surface area contributed by atoms with Gasteiger partial charge in [-0.05, 0) is 6.54 Å². The van der Waals surface area contributed by atoms with Gasteiger partial charge in [-0.15, -0.1) is 0 Å². The maximum absolute atomic E-state index is 8.76. The van der Waals surface area contributed by atoms with Gasteiger partial charge in [0.25, 0.3) is 0 Å². The fourth-order valence-corrected chi connectivity index (χ4v) is 1.25. The van der Waals surface area contributed by atoms with Gasteiger partial charge in [-0.2, -0.15) is 0 Å². The Morgan fingerprint density at radius 1 is 1.10 bits per heavy atom. The molecule has 0 aromatic heterocycles. The molecule has 0 unspecified atom stereocenters. The summed E-state index contributed by atoms with van der Waals surface area (Å²) in [4.78, 5) is 4.46. The zero-order chi connectivity index (χ0) is 7.40. The molecule has 3 nitrogen and oxygen atoms in total. The number of likely N-dealkylation sites (N-methyl/N-ethyl adjacent to an activating group) is 1. The first-order valence-electron chi connectivity index (χ1n) is 3.92. The molecule has 0 aliphatic carbocycles. The second-order valence-corrected chi connectivity index (χ2v) is 2.69. The highest BCUT2D eigenvalue weighted by Crippen LogP contribution is 1.98. The molecule has 0 atom stereocenters. The summed E-state index contributed by atoms with van der Waals surface area (Å²) >= 11 is 0. The first-order valence-corrected chi connectivity index (χ1v) is 3.92. The molecule has 1 fully saturated rings. The molecular weight excluding hydrogens is 128 g/mol. The van der Waals surface area contributed by atoms with Crippen molar-refractivity contribution < 1.29 is 5.11 Å². The van der Waals surface area contributed by atoms with Crippen molar-refractivity contribution >= 4 is 0 Å². The lowest BCUT2D eigenvalue weighted by Gasteiger charge is -2.32. The van der Waals surface area contributed by atoms with E-state index in [1.807, 2.05) is 0 Å². The number of hydrogen-bond donors (Lipinski definition) is 1. The summed E-state index contributed by atoms with van der Waals surface area (Å²) < 4.78 is 0. The van der Waals surface area contributed by atoms with E-state index in [9.17, 15) is 0 Å². The Bertz CT molecular complexity index is 77.6. The van der Waals surface area contributed by atoms with Gasteiger partial charge in [0.2, 0.25) is 0 Å². The van der Waals surface area contributed by atoms with E-state index in [2.05, 4.69) is 16.7 Å². The SMILES string of the molecule is CCN1CCN(CO)CC1. The van der Waals surface area contributed by atoms with Crippen LogP contribution in [0.2, 0.25) is 0 Å². The fourth-order valence-electron chi connectivity index (χ4n) is 1.25. The fraction of sp³-hybridized carbons (Fsp3) is 1.00. The van der Waals surface area contributed by atoms with E-state index in [0.717, 1.165) is 32.7 Å². The van der Waals surface area contributed by atoms with Crippen molar-refractivity contribution in [1.29, 1.82) is 0 Å². The second kappa shape index (κ2) is 3.91. The maximum Gasteiger partial charge on any atom is 0.0957 e. The van der Waals surface area contributed by atoms with Crippen LogP contribution in [0.3, 0.4) is 0 Å². The minimum Gasteiger partial charge on any atom is -0.381 e. The molecule has 1 rings (SSSR count). The van der Waals surface area contributed by atoms with Crippen LogP contribution in [-0.4, -0.2) is 54.4 Å². The zero-order valence-corrected chi connectivity index (χ0v) is 6.58. The highest BCUT2D eigenvalue weighted by molar-refractivity contribution is 4.67. The number of rotatable bonds is 2. The summed E-state index contributed by atoms with van der Waals surface area (Å²) in [5.41, 5.74) is 0. The van der Waals surface area contributed by atoms with Gasteiger partial charge in [-0.1, -0.05) is 6.92 Å². The molecule has 0 saturated carbocycles. The van der Waals surface area contributed by atoms with Gasteiger partial charge in [0, 0.05) is 26.2 Å². The molecule has 0 aromatic rings. The van der Waals surface area contributed by atoms with Crippen LogP contribution in [0.5, 0.6) is 0 Å². The van der Waals surface area contributed by atoms with Crippen LogP contribution < -0.4 is 0 Å². The molecular formula is C7H16N2O. The van der Waals surface area contributed by atoms with Gasteiger partial charge >= 0.3 is 0 Å². The zero-order valence-electron chi connectivity index (χ0n) is 6.58. The van der Waals surface area contributed by atoms with E-state index in [4.69, 9.17) is 5.11 Å². The summed E-state index contributed by atoms with van der Waals surface area (Å²) in [7, 11) is 0. The van der Waals surface area contributed by atoms with Gasteiger partial charge in [-0.3, -0.25) is 4.90 Å². The van der Waals surface area contributed by atoms with E-state index < -0.39 is 0 Å². The molecule has 0 amide bonds. The van der Waals surface area contributed by atoms with Gasteiger partial charge in [0.1, 0.15) is 0 Å². The summed E-state index contributed by atoms with van der Waals surface area (Å²) in [6.07, 6.45) is 0. The van der Waals surface area contributed by atoms with Gasteiger partial charge in [-0.25, -0.2) is 0 Å². The van der Waals surface area contributed by atoms with Crippen LogP contribution in [0.4, 0.5) is 0 Å². The van der Waals surface area contributed by atoms with Crippen molar-refractivity contribution in [3.8, 4) is 0 Å². The number of hydrogen-bond acceptors (Lipinski definition) is 3. The van der Waals surface area contributed by atoms with Crippen LogP contribution in [0.25, 0.3) is 0 Å². The molecule has 0 spiro atoms. The topological polar surface area (TPSA) is 26.7 Å². The molecule has 0 aromatic carbocycles. The lowest BCUT2D eigenvalue weighted by Crippen LogP contribution is -2.46. The molecule has 3 heteroatoms. The highest BCUT2D eigenvalue weighted by atomic mass is 16.3. The monoisotopic (exact) mass is 144 g/mol. The summed E-state index contributed by atoms with van der Waals surface area (Å²) in [6, 6.07) is 0. The highest BCUT2D eigenvalue weighted by Gasteiger charge is 2.13. The number of aliphatic hydroxyl groups is 1. The Kier molecular flexibility index (Phi) is 3.12. The van der Waals surface area contributed by atoms with Crippen LogP contribution in [0, 0.1) is 0 Å². The average molecular weight is 144 g/mol. The van der Waals surface area contributed by atoms with Crippen molar-refractivity contribution in [2.45, 2.75) is 6.92 Å². The number of nitrogens with zero attached hydrogens (tertiary/aromatic N) is 2. The first-order chi connectivity index (χ1) is 4.86. The van der Waals surface area contributed by atoms with E-state index in [0.29, 0.717) is 0 Å². The van der Waals surface area contributed by atoms with Gasteiger partial charge < -0.3 is 10.0 Å². The largest absolute Gasteiger partial charge is 0.381 e. The van der Waals surface area contributed by atoms with E-state index in [-0.39, 0.29) is 6.73 Å². The molecule has 0 radical (unpaired) electrons. The van der Waals surface area contributed by atoms with E-state index in [1.165, 1.54) is 0 Å². The molecule has 1 N–H and O–H groups in total. The van der Waals surface area contributed by atoms with Crippen LogP contribution >= 0.6 is 0 Å². The molecule has 0 bridgehead atoms. The van der Waals surface area contributed by atoms with Gasteiger partial charge in [0.15, 0.2) is 0 Å². The Morgan fingerprint density at radius 3 is 2.00 bits per heavy atom. The van der Waals surface area contributed by atoms with Crippen LogP contribution in [-0.2, 0) is 0 Å². The second-order valence-electron chi connectivity index (χ2n) is 2.69. The van der Waals surface area contributed by atoms with Crippen molar-refractivity contribution in [2.24, 2.45) is 0 Å². The summed E-state index contributed by atoms with van der Waals surface area (Å²) in [6.45, 7) is 7.79. The summed E-state index contributed by atoms with van der Waals surface area (Å²) in [5, 5.41) is 8.76. The molecule has 1 aliphatic heterocycles. The lowest BCUT2D eigenvalue weighted by molar-refractivity contribution is 0.0563. The van der Waals surface area contributed by atoms with Crippen molar-refractivity contribution in [1.82, 2.24) is 9.80 Å². The van der Waals surface area contributed by atoms with Crippen molar-refractivity contribution in [3.05, 3.63) is 0 Å². The lowest BCUT2D eigenvalue weighted by atomic mass is 10.3. The molecule has 60 valence electrons. The molecule has 10 heavy (non-hydrogen) atoms. The Morgan fingerprint density at radius 2 is 1.60 bits per heavy atom. The molecule has 1 saturated heterocycles. The third-order valence-corrected chi connectivity index (χ3v) is 2.11. The van der Waals surface area contributed by atoms with E-state index >= 15 is 0 Å². The Balaban J connectivity index is 2.17. The Hall–Kier alpha value is -0.120. The van der Waals surface area contributed by atoms with Crippen molar-refractivity contribution in [3.63, 3.8) is 0 Å². The minimum atomic E-state index is 0.220. The average Bonchev–Trinajstić information content (AvgIpc) is 2.05. The maximum atomic E-state index is 8.76. The van der Waals surface area contributed by atoms with E-state index in [1.54, 1.807) is 0 Å². The third-order valence-electron chi connectivity index (χ3n) is 2.11. The van der Waals surface area contributed by atoms with Crippen molar-refractivity contribution in [2.75, 3.05) is 39.5 Å².